The maximum Gasteiger partial charge on any atom is 0.273 e. The number of hydrogen-bond donors (Lipinski definition) is 1. The third-order valence-corrected chi connectivity index (χ3v) is 4.44. The van der Waals surface area contributed by atoms with Gasteiger partial charge < -0.3 is 5.32 Å². The molecule has 0 amide bonds. The number of nitriles is 1. The van der Waals surface area contributed by atoms with E-state index in [1.54, 1.807) is 0 Å². The molecule has 0 unspecified atom stereocenters. The van der Waals surface area contributed by atoms with Crippen LogP contribution in [0.15, 0.2) is 24.3 Å². The van der Waals surface area contributed by atoms with E-state index in [1.165, 1.54) is 24.0 Å². The van der Waals surface area contributed by atoms with E-state index < -0.39 is 0 Å². The predicted octanol–water partition coefficient (Wildman–Crippen LogP) is 1.96. The van der Waals surface area contributed by atoms with E-state index in [2.05, 4.69) is 35.6 Å². The number of benzene rings is 1. The first kappa shape index (κ1) is 10.9. The Balaban J connectivity index is 2.06. The van der Waals surface area contributed by atoms with Gasteiger partial charge in [0.2, 0.25) is 0 Å². The smallest absolute Gasteiger partial charge is 0.273 e. The van der Waals surface area contributed by atoms with E-state index >= 15 is 0 Å². The molecule has 3 rings (SSSR count). The molecule has 2 heterocycles. The van der Waals surface area contributed by atoms with Crippen molar-refractivity contribution in [3.8, 4) is 5.97 Å². The summed E-state index contributed by atoms with van der Waals surface area (Å²) >= 11 is 0. The zero-order valence-electron chi connectivity index (χ0n) is 10.1. The van der Waals surface area contributed by atoms with Crippen molar-refractivity contribution in [3.63, 3.8) is 0 Å². The van der Waals surface area contributed by atoms with Gasteiger partial charge in [0.05, 0.1) is 0 Å². The van der Waals surface area contributed by atoms with Crippen LogP contribution in [0.2, 0.25) is 6.32 Å². The third kappa shape index (κ3) is 1.77. The van der Waals surface area contributed by atoms with Crippen LogP contribution in [-0.4, -0.2) is 19.8 Å². The zero-order chi connectivity index (χ0) is 11.7. The maximum atomic E-state index is 9.26. The highest BCUT2D eigenvalue weighted by molar-refractivity contribution is 6.67. The van der Waals surface area contributed by atoms with Gasteiger partial charge in [-0.1, -0.05) is 29.8 Å². The molecule has 1 N–H and O–H groups in total. The summed E-state index contributed by atoms with van der Waals surface area (Å²) in [6, 6.07) is 8.75. The number of piperidine rings is 1. The Kier molecular flexibility index (Phi) is 2.68. The second-order valence-electron chi connectivity index (χ2n) is 5.42. The van der Waals surface area contributed by atoms with E-state index in [1.807, 2.05) is 0 Å². The van der Waals surface area contributed by atoms with Crippen molar-refractivity contribution < 1.29 is 0 Å². The molecule has 2 aliphatic rings. The second kappa shape index (κ2) is 4.20. The molecule has 2 aliphatic heterocycles. The molecule has 2 nitrogen and oxygen atoms in total. The minimum Gasteiger partial charge on any atom is -0.317 e. The normalized spacial score (nSPS) is 21.9. The summed E-state index contributed by atoms with van der Waals surface area (Å²) in [4.78, 5) is 0. The van der Waals surface area contributed by atoms with Crippen molar-refractivity contribution in [3.05, 3.63) is 35.4 Å². The number of rotatable bonds is 0. The zero-order valence-corrected chi connectivity index (χ0v) is 10.1. The molecule has 1 aromatic rings. The van der Waals surface area contributed by atoms with Gasteiger partial charge in [0.25, 0.3) is 6.71 Å². The van der Waals surface area contributed by atoms with Crippen molar-refractivity contribution in [2.24, 2.45) is 0 Å². The molecule has 1 spiro atoms. The van der Waals surface area contributed by atoms with E-state index in [4.69, 9.17) is 0 Å². The largest absolute Gasteiger partial charge is 0.317 e. The fraction of sp³-hybridized carbons (Fsp3) is 0.500. The summed E-state index contributed by atoms with van der Waals surface area (Å²) in [5, 5.41) is 12.7. The highest BCUT2D eigenvalue weighted by Gasteiger charge is 2.42. The first-order valence-corrected chi connectivity index (χ1v) is 6.53. The van der Waals surface area contributed by atoms with Crippen LogP contribution >= 0.6 is 0 Å². The fourth-order valence-electron chi connectivity index (χ4n) is 3.60. The number of fused-ring (bicyclic) bond motifs is 2. The quantitative estimate of drug-likeness (QED) is 0.684. The summed E-state index contributed by atoms with van der Waals surface area (Å²) in [6.07, 6.45) is 4.37. The Morgan fingerprint density at radius 1 is 1.24 bits per heavy atom. The average molecular weight is 224 g/mol. The Labute approximate surface area is 103 Å². The molecule has 0 aromatic heterocycles. The summed E-state index contributed by atoms with van der Waals surface area (Å²) in [5.41, 5.74) is 3.21. The van der Waals surface area contributed by atoms with Crippen molar-refractivity contribution >= 4 is 6.71 Å². The van der Waals surface area contributed by atoms with Crippen molar-refractivity contribution in [1.29, 1.82) is 5.26 Å². The molecule has 1 aromatic carbocycles. The van der Waals surface area contributed by atoms with Gasteiger partial charge in [-0.3, -0.25) is 0 Å². The lowest BCUT2D eigenvalue weighted by Crippen LogP contribution is -2.46. The van der Waals surface area contributed by atoms with Crippen LogP contribution < -0.4 is 5.32 Å². The van der Waals surface area contributed by atoms with Gasteiger partial charge in [0.15, 0.2) is 0 Å². The highest BCUT2D eigenvalue weighted by atomic mass is 14.9. The Hall–Kier alpha value is -1.27. The van der Waals surface area contributed by atoms with Crippen LogP contribution in [0.1, 0.15) is 24.0 Å². The monoisotopic (exact) mass is 224 g/mol. The second-order valence-corrected chi connectivity index (χ2v) is 5.42. The van der Waals surface area contributed by atoms with Crippen molar-refractivity contribution in [2.45, 2.75) is 30.9 Å². The van der Waals surface area contributed by atoms with E-state index in [0.717, 1.165) is 25.7 Å². The number of nitrogens with zero attached hydrogens (tertiary/aromatic N) is 1. The number of hydrogen-bond acceptors (Lipinski definition) is 2. The molecule has 0 saturated carbocycles. The molecule has 1 saturated heterocycles. The Morgan fingerprint density at radius 3 is 2.76 bits per heavy atom. The molecule has 0 bridgehead atoms. The molecule has 0 radical (unpaired) electrons. The molecule has 0 aliphatic carbocycles. The van der Waals surface area contributed by atoms with Gasteiger partial charge in [0.1, 0.15) is 0 Å². The number of nitrogens with one attached hydrogen (secondary N) is 1. The summed E-state index contributed by atoms with van der Waals surface area (Å²) in [6.45, 7) is 2.39. The maximum absolute atomic E-state index is 9.26. The molecule has 3 heteroatoms. The van der Waals surface area contributed by atoms with Crippen LogP contribution in [-0.2, 0) is 11.7 Å². The van der Waals surface area contributed by atoms with Crippen molar-refractivity contribution in [2.75, 3.05) is 13.1 Å². The summed E-state index contributed by atoms with van der Waals surface area (Å²) in [7, 11) is 0. The Bertz CT molecular complexity index is 458. The third-order valence-electron chi connectivity index (χ3n) is 4.44. The lowest BCUT2D eigenvalue weighted by molar-refractivity contribution is 0.328. The molecular weight excluding hydrogens is 207 g/mol. The molecule has 17 heavy (non-hydrogen) atoms. The van der Waals surface area contributed by atoms with E-state index in [-0.39, 0.29) is 12.1 Å². The summed E-state index contributed by atoms with van der Waals surface area (Å²) in [5.74, 6) is 2.50. The SMILES string of the molecule is N#CB1Cc2ccccc2C2(CCNCC2)C1. The van der Waals surface area contributed by atoms with Crippen molar-refractivity contribution in [1.82, 2.24) is 5.32 Å². The van der Waals surface area contributed by atoms with Gasteiger partial charge in [-0.25, -0.2) is 5.26 Å². The average Bonchev–Trinajstić information content (AvgIpc) is 2.40. The van der Waals surface area contributed by atoms with Gasteiger partial charge in [-0.15, -0.1) is 0 Å². The molecular formula is C14H17BN2. The molecule has 0 atom stereocenters. The van der Waals surface area contributed by atoms with Crippen LogP contribution in [0.5, 0.6) is 0 Å². The van der Waals surface area contributed by atoms with Crippen LogP contribution in [0.25, 0.3) is 0 Å². The first-order valence-electron chi connectivity index (χ1n) is 6.53. The Morgan fingerprint density at radius 2 is 2.00 bits per heavy atom. The van der Waals surface area contributed by atoms with Gasteiger partial charge >= 0.3 is 0 Å². The highest BCUT2D eigenvalue weighted by Crippen LogP contribution is 2.43. The minimum absolute atomic E-state index is 0.211. The topological polar surface area (TPSA) is 35.8 Å². The fourth-order valence-corrected chi connectivity index (χ4v) is 3.60. The van der Waals surface area contributed by atoms with Gasteiger partial charge in [-0.05, 0) is 49.5 Å². The molecule has 1 fully saturated rings. The first-order chi connectivity index (χ1) is 8.34. The van der Waals surface area contributed by atoms with Crippen LogP contribution in [0, 0.1) is 11.2 Å². The molecule has 86 valence electrons. The summed E-state index contributed by atoms with van der Waals surface area (Å²) < 4.78 is 0. The standard InChI is InChI=1S/C14H17BN2/c16-11-15-9-12-3-1-2-4-13(12)14(10-15)5-7-17-8-6-14/h1-4,17H,5-10H2. The van der Waals surface area contributed by atoms with E-state index in [9.17, 15) is 5.26 Å². The van der Waals surface area contributed by atoms with Gasteiger partial charge in [-0.2, -0.15) is 0 Å². The minimum atomic E-state index is 0.211. The van der Waals surface area contributed by atoms with Crippen LogP contribution in [0.4, 0.5) is 0 Å². The van der Waals surface area contributed by atoms with E-state index in [0.29, 0.717) is 0 Å². The lowest BCUT2D eigenvalue weighted by atomic mass is 9.36. The lowest BCUT2D eigenvalue weighted by Gasteiger charge is -2.43. The predicted molar refractivity (Wildman–Crippen MR) is 70.1 cm³/mol. The van der Waals surface area contributed by atoms with Gasteiger partial charge in [0, 0.05) is 5.97 Å². The van der Waals surface area contributed by atoms with Crippen LogP contribution in [0.3, 0.4) is 0 Å².